The van der Waals surface area contributed by atoms with Crippen LogP contribution in [-0.2, 0) is 0 Å². The summed E-state index contributed by atoms with van der Waals surface area (Å²) in [6.45, 7) is 0. The quantitative estimate of drug-likeness (QED) is 0.805. The second kappa shape index (κ2) is 3.52. The molecule has 0 spiro atoms. The maximum absolute atomic E-state index is 12.2. The lowest BCUT2D eigenvalue weighted by Gasteiger charge is -2.14. The van der Waals surface area contributed by atoms with E-state index in [0.717, 1.165) is 5.56 Å². The van der Waals surface area contributed by atoms with Gasteiger partial charge in [-0.15, -0.1) is 0 Å². The van der Waals surface area contributed by atoms with Crippen molar-refractivity contribution in [1.82, 2.24) is 0 Å². The zero-order valence-electron chi connectivity index (χ0n) is 7.91. The first-order valence-electron chi connectivity index (χ1n) is 4.80. The molecule has 0 unspecified atom stereocenters. The average Bonchev–Trinajstić information content (AvgIpc) is 2.96. The fraction of sp³-hybridized carbons (Fsp3) is 0.455. The van der Waals surface area contributed by atoms with Crippen LogP contribution in [0.1, 0.15) is 17.9 Å². The molecular weight excluding hydrogens is 205 g/mol. The van der Waals surface area contributed by atoms with E-state index in [-0.39, 0.29) is 5.92 Å². The molecule has 0 aromatic heterocycles. The number of alkyl halides is 3. The van der Waals surface area contributed by atoms with Crippen LogP contribution in [-0.4, -0.2) is 17.4 Å². The van der Waals surface area contributed by atoms with E-state index >= 15 is 0 Å². The highest BCUT2D eigenvalue weighted by Gasteiger charge is 2.54. The lowest BCUT2D eigenvalue weighted by molar-refractivity contribution is -0.210. The summed E-state index contributed by atoms with van der Waals surface area (Å²) in [4.78, 5) is 0. The summed E-state index contributed by atoms with van der Waals surface area (Å²) in [5, 5.41) is 9.03. The van der Waals surface area contributed by atoms with E-state index in [1.54, 1.807) is 24.3 Å². The Balaban J connectivity index is 2.03. The van der Waals surface area contributed by atoms with E-state index in [1.165, 1.54) is 0 Å². The Morgan fingerprint density at radius 3 is 2.33 bits per heavy atom. The first-order chi connectivity index (χ1) is 7.00. The average molecular weight is 216 g/mol. The largest absolute Gasteiger partial charge is 0.414 e. The van der Waals surface area contributed by atoms with Gasteiger partial charge in [0.2, 0.25) is 0 Å². The van der Waals surface area contributed by atoms with Crippen molar-refractivity contribution in [2.45, 2.75) is 24.6 Å². The van der Waals surface area contributed by atoms with Crippen LogP contribution >= 0.6 is 0 Å². The van der Waals surface area contributed by atoms with Crippen molar-refractivity contribution in [3.05, 3.63) is 35.9 Å². The summed E-state index contributed by atoms with van der Waals surface area (Å²) in [6.07, 6.45) is -6.25. The van der Waals surface area contributed by atoms with Crippen LogP contribution in [0.3, 0.4) is 0 Å². The van der Waals surface area contributed by atoms with Crippen LogP contribution < -0.4 is 0 Å². The number of aliphatic hydroxyl groups is 1. The molecule has 0 saturated heterocycles. The number of benzene rings is 1. The van der Waals surface area contributed by atoms with Crippen LogP contribution in [0.5, 0.6) is 0 Å². The molecular formula is C11H11F3O. The predicted octanol–water partition coefficient (Wildman–Crippen LogP) is 2.71. The second-order valence-corrected chi connectivity index (χ2v) is 3.90. The molecule has 82 valence electrons. The normalized spacial score (nSPS) is 27.5. The minimum atomic E-state index is -4.49. The third kappa shape index (κ3) is 2.15. The Morgan fingerprint density at radius 1 is 1.20 bits per heavy atom. The maximum Gasteiger partial charge on any atom is 0.414 e. The van der Waals surface area contributed by atoms with Crippen molar-refractivity contribution >= 4 is 0 Å². The molecule has 0 heterocycles. The zero-order valence-corrected chi connectivity index (χ0v) is 7.91. The van der Waals surface area contributed by atoms with E-state index in [9.17, 15) is 13.2 Å². The van der Waals surface area contributed by atoms with Crippen LogP contribution in [0.25, 0.3) is 0 Å². The Hall–Kier alpha value is -1.03. The molecule has 0 radical (unpaired) electrons. The molecule has 1 aliphatic rings. The van der Waals surface area contributed by atoms with Gasteiger partial charge in [-0.25, -0.2) is 0 Å². The van der Waals surface area contributed by atoms with E-state index in [2.05, 4.69) is 0 Å². The molecule has 1 fully saturated rings. The van der Waals surface area contributed by atoms with Gasteiger partial charge in [-0.3, -0.25) is 0 Å². The Morgan fingerprint density at radius 2 is 1.80 bits per heavy atom. The number of aliphatic hydroxyl groups excluding tert-OH is 1. The van der Waals surface area contributed by atoms with Gasteiger partial charge < -0.3 is 5.11 Å². The first kappa shape index (κ1) is 10.5. The van der Waals surface area contributed by atoms with E-state index in [1.807, 2.05) is 6.07 Å². The molecule has 1 saturated carbocycles. The lowest BCUT2D eigenvalue weighted by Crippen LogP contribution is -2.30. The predicted molar refractivity (Wildman–Crippen MR) is 49.4 cm³/mol. The molecule has 3 atom stereocenters. The molecule has 4 heteroatoms. The van der Waals surface area contributed by atoms with Crippen molar-refractivity contribution in [3.63, 3.8) is 0 Å². The molecule has 0 aliphatic heterocycles. The highest BCUT2D eigenvalue weighted by molar-refractivity contribution is 5.26. The van der Waals surface area contributed by atoms with Crippen LogP contribution in [0, 0.1) is 5.92 Å². The minimum Gasteiger partial charge on any atom is -0.383 e. The molecule has 0 bridgehead atoms. The van der Waals surface area contributed by atoms with Gasteiger partial charge in [0, 0.05) is 5.92 Å². The fourth-order valence-electron chi connectivity index (χ4n) is 1.89. The summed E-state index contributed by atoms with van der Waals surface area (Å²) >= 11 is 0. The number of rotatable bonds is 2. The van der Waals surface area contributed by atoms with E-state index in [4.69, 9.17) is 5.11 Å². The summed E-state index contributed by atoms with van der Waals surface area (Å²) in [5.41, 5.74) is 0.880. The van der Waals surface area contributed by atoms with Gasteiger partial charge >= 0.3 is 6.18 Å². The number of hydrogen-bond donors (Lipinski definition) is 1. The van der Waals surface area contributed by atoms with Crippen molar-refractivity contribution in [2.24, 2.45) is 5.92 Å². The van der Waals surface area contributed by atoms with Gasteiger partial charge in [0.15, 0.2) is 6.10 Å². The highest BCUT2D eigenvalue weighted by Crippen LogP contribution is 2.52. The van der Waals surface area contributed by atoms with Gasteiger partial charge in [-0.1, -0.05) is 30.3 Å². The third-order valence-electron chi connectivity index (χ3n) is 2.81. The van der Waals surface area contributed by atoms with Gasteiger partial charge in [-0.05, 0) is 17.9 Å². The molecule has 1 aliphatic carbocycles. The molecule has 15 heavy (non-hydrogen) atoms. The maximum atomic E-state index is 12.2. The summed E-state index contributed by atoms with van der Waals surface area (Å²) in [7, 11) is 0. The topological polar surface area (TPSA) is 20.2 Å². The van der Waals surface area contributed by atoms with Gasteiger partial charge in [-0.2, -0.15) is 13.2 Å². The molecule has 1 aromatic rings. The molecule has 1 N–H and O–H groups in total. The fourth-order valence-corrected chi connectivity index (χ4v) is 1.89. The molecule has 2 rings (SSSR count). The summed E-state index contributed by atoms with van der Waals surface area (Å²) < 4.78 is 36.5. The lowest BCUT2D eigenvalue weighted by atomic mass is 10.1. The van der Waals surface area contributed by atoms with Gasteiger partial charge in [0.05, 0.1) is 0 Å². The zero-order chi connectivity index (χ0) is 11.1. The molecule has 0 amide bonds. The van der Waals surface area contributed by atoms with Crippen molar-refractivity contribution in [3.8, 4) is 0 Å². The smallest absolute Gasteiger partial charge is 0.383 e. The Labute approximate surface area is 85.5 Å². The number of hydrogen-bond acceptors (Lipinski definition) is 1. The van der Waals surface area contributed by atoms with Crippen LogP contribution in [0.2, 0.25) is 0 Å². The second-order valence-electron chi connectivity index (χ2n) is 3.90. The number of halogens is 3. The van der Waals surface area contributed by atoms with Crippen LogP contribution in [0.4, 0.5) is 13.2 Å². The Kier molecular flexibility index (Phi) is 2.46. The summed E-state index contributed by atoms with van der Waals surface area (Å²) in [6, 6.07) is 9.01. The van der Waals surface area contributed by atoms with Gasteiger partial charge in [0.25, 0.3) is 0 Å². The van der Waals surface area contributed by atoms with Crippen molar-refractivity contribution in [1.29, 1.82) is 0 Å². The third-order valence-corrected chi connectivity index (χ3v) is 2.81. The standard InChI is InChI=1S/C11H11F3O/c12-11(13,14)10(15)9-6-8(9)7-4-2-1-3-5-7/h1-5,8-10,15H,6H2/t8-,9-,10-/m1/s1. The van der Waals surface area contributed by atoms with Crippen molar-refractivity contribution < 1.29 is 18.3 Å². The Bertz CT molecular complexity index is 333. The van der Waals surface area contributed by atoms with Crippen molar-refractivity contribution in [2.75, 3.05) is 0 Å². The molecule has 1 nitrogen and oxygen atoms in total. The first-order valence-corrected chi connectivity index (χ1v) is 4.80. The van der Waals surface area contributed by atoms with Crippen LogP contribution in [0.15, 0.2) is 30.3 Å². The highest BCUT2D eigenvalue weighted by atomic mass is 19.4. The summed E-state index contributed by atoms with van der Waals surface area (Å²) in [5.74, 6) is -0.796. The van der Waals surface area contributed by atoms with E-state index in [0.29, 0.717) is 6.42 Å². The minimum absolute atomic E-state index is 0.136. The molecule has 1 aromatic carbocycles. The SMILES string of the molecule is O[C@H]([C@@H]1C[C@@H]1c1ccccc1)C(F)(F)F. The monoisotopic (exact) mass is 216 g/mol. The van der Waals surface area contributed by atoms with Gasteiger partial charge in [0.1, 0.15) is 0 Å². The van der Waals surface area contributed by atoms with E-state index < -0.39 is 18.2 Å².